The van der Waals surface area contributed by atoms with Crippen molar-refractivity contribution in [3.63, 3.8) is 0 Å². The van der Waals surface area contributed by atoms with Crippen LogP contribution < -0.4 is 9.47 Å². The number of Topliss-reactive ketones (excluding diaryl/α,β-unsaturated/α-hetero) is 1. The van der Waals surface area contributed by atoms with Crippen LogP contribution in [0.1, 0.15) is 46.0 Å². The Morgan fingerprint density at radius 1 is 1.15 bits per heavy atom. The summed E-state index contributed by atoms with van der Waals surface area (Å²) in [6.07, 6.45) is 6.39. The average molecular weight is 377 g/mol. The minimum absolute atomic E-state index is 0.0131. The molecule has 0 aromatic heterocycles. The Bertz CT molecular complexity index is 630. The zero-order valence-corrected chi connectivity index (χ0v) is 16.6. The summed E-state index contributed by atoms with van der Waals surface area (Å²) < 4.78 is 11.0. The van der Waals surface area contributed by atoms with E-state index in [1.54, 1.807) is 13.2 Å². The van der Waals surface area contributed by atoms with Gasteiger partial charge in [-0.1, -0.05) is 37.9 Å². The molecule has 0 N–H and O–H groups in total. The fourth-order valence-electron chi connectivity index (χ4n) is 3.18. The van der Waals surface area contributed by atoms with Crippen LogP contribution in [0.15, 0.2) is 35.9 Å². The molecule has 1 fully saturated rings. The van der Waals surface area contributed by atoms with E-state index in [2.05, 4.69) is 0 Å². The molecule has 26 heavy (non-hydrogen) atoms. The fraction of sp³-hybridized carbons (Fsp3) is 0.524. The van der Waals surface area contributed by atoms with E-state index >= 15 is 0 Å². The quantitative estimate of drug-likeness (QED) is 0.370. The molecule has 1 saturated carbocycles. The Hall–Kier alpha value is -1.75. The van der Waals surface area contributed by atoms with E-state index in [1.807, 2.05) is 38.1 Å². The third-order valence-corrected chi connectivity index (χ3v) is 5.29. The first-order valence-electron chi connectivity index (χ1n) is 9.29. The topological polar surface area (TPSA) is 52.6 Å². The molecule has 5 heteroatoms. The number of methoxy groups -OCH3 is 1. The van der Waals surface area contributed by atoms with Crippen molar-refractivity contribution in [1.29, 1.82) is 0 Å². The molecule has 1 aliphatic carbocycles. The van der Waals surface area contributed by atoms with Crippen LogP contribution in [0.3, 0.4) is 0 Å². The molecule has 0 bridgehead atoms. The summed E-state index contributed by atoms with van der Waals surface area (Å²) in [5, 5.41) is -0.145. The van der Waals surface area contributed by atoms with Gasteiger partial charge in [0, 0.05) is 5.92 Å². The molecule has 1 atom stereocenters. The molecular formula is C21H28O4S. The van der Waals surface area contributed by atoms with Crippen LogP contribution in [0, 0.1) is 5.92 Å². The molecule has 2 rings (SSSR count). The van der Waals surface area contributed by atoms with Crippen LogP contribution in [0.2, 0.25) is 0 Å². The maximum Gasteiger partial charge on any atom is 0.222 e. The second kappa shape index (κ2) is 10.4. The first kappa shape index (κ1) is 20.6. The molecule has 0 saturated heterocycles. The number of rotatable bonds is 8. The summed E-state index contributed by atoms with van der Waals surface area (Å²) in [6, 6.07) is 7.26. The molecule has 0 heterocycles. The summed E-state index contributed by atoms with van der Waals surface area (Å²) >= 11 is 1.18. The molecule has 4 nitrogen and oxygen atoms in total. The fourth-order valence-corrected chi connectivity index (χ4v) is 3.77. The SMILES string of the molecule is CCSC(=O)/C(=C/C(C)Oc1ccc(OC)cc1)C(=O)C1CCCCC1. The largest absolute Gasteiger partial charge is 0.497 e. The van der Waals surface area contributed by atoms with Crippen molar-refractivity contribution >= 4 is 22.7 Å². The monoisotopic (exact) mass is 376 g/mol. The molecule has 0 amide bonds. The number of hydrogen-bond donors (Lipinski definition) is 0. The van der Waals surface area contributed by atoms with E-state index < -0.39 is 0 Å². The zero-order valence-electron chi connectivity index (χ0n) is 15.8. The molecule has 1 unspecified atom stereocenters. The van der Waals surface area contributed by atoms with Gasteiger partial charge >= 0.3 is 0 Å². The highest BCUT2D eigenvalue weighted by Gasteiger charge is 2.28. The van der Waals surface area contributed by atoms with Crippen molar-refractivity contribution in [1.82, 2.24) is 0 Å². The summed E-state index contributed by atoms with van der Waals surface area (Å²) in [4.78, 5) is 25.4. The second-order valence-corrected chi connectivity index (χ2v) is 7.74. The van der Waals surface area contributed by atoms with E-state index in [0.717, 1.165) is 31.4 Å². The Labute approximate surface area is 160 Å². The number of carbonyl (C=O) groups is 2. The number of carbonyl (C=O) groups excluding carboxylic acids is 2. The molecule has 0 radical (unpaired) electrons. The molecule has 0 spiro atoms. The first-order chi connectivity index (χ1) is 12.5. The van der Waals surface area contributed by atoms with E-state index in [1.165, 1.54) is 18.2 Å². The molecular weight excluding hydrogens is 348 g/mol. The molecule has 1 aromatic carbocycles. The minimum Gasteiger partial charge on any atom is -0.497 e. The van der Waals surface area contributed by atoms with Gasteiger partial charge in [0.1, 0.15) is 17.6 Å². The zero-order chi connectivity index (χ0) is 18.9. The number of hydrogen-bond acceptors (Lipinski definition) is 5. The van der Waals surface area contributed by atoms with E-state index in [-0.39, 0.29) is 22.9 Å². The Kier molecular flexibility index (Phi) is 8.23. The standard InChI is InChI=1S/C21H28O4S/c1-4-26-21(23)19(20(22)16-8-6-5-7-9-16)14-15(2)25-18-12-10-17(24-3)11-13-18/h10-16H,4-9H2,1-3H3/b19-14+. The van der Waals surface area contributed by atoms with Gasteiger partial charge in [0.25, 0.3) is 0 Å². The van der Waals surface area contributed by atoms with Crippen LogP contribution in [0.5, 0.6) is 11.5 Å². The normalized spacial score (nSPS) is 16.8. The summed E-state index contributed by atoms with van der Waals surface area (Å²) in [7, 11) is 1.61. The summed E-state index contributed by atoms with van der Waals surface area (Å²) in [5.74, 6) is 2.05. The van der Waals surface area contributed by atoms with Gasteiger partial charge in [-0.15, -0.1) is 0 Å². The van der Waals surface area contributed by atoms with Crippen molar-refractivity contribution in [2.24, 2.45) is 5.92 Å². The third-order valence-electron chi connectivity index (χ3n) is 4.52. The third kappa shape index (κ3) is 5.90. The lowest BCUT2D eigenvalue weighted by Crippen LogP contribution is -2.24. The number of ether oxygens (including phenoxy) is 2. The lowest BCUT2D eigenvalue weighted by atomic mass is 9.83. The van der Waals surface area contributed by atoms with Crippen LogP contribution in [0.25, 0.3) is 0 Å². The highest BCUT2D eigenvalue weighted by Crippen LogP contribution is 2.28. The highest BCUT2D eigenvalue weighted by atomic mass is 32.2. The van der Waals surface area contributed by atoms with Crippen LogP contribution >= 0.6 is 11.8 Å². The Morgan fingerprint density at radius 2 is 1.77 bits per heavy atom. The number of benzene rings is 1. The smallest absolute Gasteiger partial charge is 0.222 e. The predicted molar refractivity (Wildman–Crippen MR) is 106 cm³/mol. The van der Waals surface area contributed by atoms with E-state index in [9.17, 15) is 9.59 Å². The van der Waals surface area contributed by atoms with Crippen LogP contribution in [-0.4, -0.2) is 29.9 Å². The number of thioether (sulfide) groups is 1. The van der Waals surface area contributed by atoms with Crippen LogP contribution in [0.4, 0.5) is 0 Å². The van der Waals surface area contributed by atoms with Gasteiger partial charge < -0.3 is 9.47 Å². The van der Waals surface area contributed by atoms with Gasteiger partial charge in [0.2, 0.25) is 5.12 Å². The summed E-state index contributed by atoms with van der Waals surface area (Å²) in [6.45, 7) is 3.77. The molecule has 142 valence electrons. The van der Waals surface area contributed by atoms with E-state index in [4.69, 9.17) is 9.47 Å². The first-order valence-corrected chi connectivity index (χ1v) is 10.3. The van der Waals surface area contributed by atoms with Gasteiger partial charge in [0.05, 0.1) is 12.7 Å². The Balaban J connectivity index is 2.13. The van der Waals surface area contributed by atoms with Gasteiger partial charge in [-0.05, 0) is 55.9 Å². The Morgan fingerprint density at radius 3 is 2.35 bits per heavy atom. The van der Waals surface area contributed by atoms with Gasteiger partial charge in [-0.3, -0.25) is 9.59 Å². The van der Waals surface area contributed by atoms with Crippen molar-refractivity contribution < 1.29 is 19.1 Å². The van der Waals surface area contributed by atoms with Crippen molar-refractivity contribution in [3.05, 3.63) is 35.9 Å². The van der Waals surface area contributed by atoms with Gasteiger partial charge in [0.15, 0.2) is 5.78 Å². The van der Waals surface area contributed by atoms with Crippen molar-refractivity contribution in [3.8, 4) is 11.5 Å². The van der Waals surface area contributed by atoms with Crippen molar-refractivity contribution in [2.75, 3.05) is 12.9 Å². The maximum absolute atomic E-state index is 12.9. The molecule has 1 aromatic rings. The molecule has 1 aliphatic rings. The maximum atomic E-state index is 12.9. The van der Waals surface area contributed by atoms with E-state index in [0.29, 0.717) is 17.1 Å². The molecule has 0 aliphatic heterocycles. The van der Waals surface area contributed by atoms with Crippen LogP contribution in [-0.2, 0) is 9.59 Å². The van der Waals surface area contributed by atoms with Gasteiger partial charge in [-0.2, -0.15) is 0 Å². The predicted octanol–water partition coefficient (Wildman–Crippen LogP) is 4.82. The highest BCUT2D eigenvalue weighted by molar-refractivity contribution is 8.14. The van der Waals surface area contributed by atoms with Crippen molar-refractivity contribution in [2.45, 2.75) is 52.1 Å². The lowest BCUT2D eigenvalue weighted by molar-refractivity contribution is -0.122. The minimum atomic E-state index is -0.368. The van der Waals surface area contributed by atoms with Gasteiger partial charge in [-0.25, -0.2) is 0 Å². The lowest BCUT2D eigenvalue weighted by Gasteiger charge is -2.21. The average Bonchev–Trinajstić information content (AvgIpc) is 2.67. The summed E-state index contributed by atoms with van der Waals surface area (Å²) in [5.41, 5.74) is 0.296. The number of ketones is 1. The second-order valence-electron chi connectivity index (χ2n) is 6.50.